The second-order valence-corrected chi connectivity index (χ2v) is 5.69. The van der Waals surface area contributed by atoms with Crippen molar-refractivity contribution in [2.45, 2.75) is 25.4 Å². The highest BCUT2D eigenvalue weighted by atomic mass is 16.3. The molecule has 0 fully saturated rings. The standard InChI is InChI=1S/C17H19N5O/c18-6-9(7-19)17-12-5-10(23)1-2-11(12)16-13(8-20)14(21)3-4-15(16)22-17/h3-4,6-8,10,18,20,23H,1-2,5,19,21H2/b9-7+,18-6?,20-8?. The summed E-state index contributed by atoms with van der Waals surface area (Å²) in [6.07, 6.45) is 5.15. The third-order valence-electron chi connectivity index (χ3n) is 4.36. The van der Waals surface area contributed by atoms with Crippen LogP contribution in [0.4, 0.5) is 5.69 Å². The van der Waals surface area contributed by atoms with Gasteiger partial charge in [-0.1, -0.05) is 0 Å². The van der Waals surface area contributed by atoms with Crippen molar-refractivity contribution < 1.29 is 5.11 Å². The minimum Gasteiger partial charge on any atom is -0.404 e. The predicted molar refractivity (Wildman–Crippen MR) is 93.0 cm³/mol. The van der Waals surface area contributed by atoms with Gasteiger partial charge in [0.2, 0.25) is 0 Å². The minimum atomic E-state index is -0.435. The Hall–Kier alpha value is -2.73. The molecule has 6 heteroatoms. The van der Waals surface area contributed by atoms with E-state index in [1.807, 2.05) is 6.07 Å². The minimum absolute atomic E-state index is 0.435. The highest BCUT2D eigenvalue weighted by Crippen LogP contribution is 2.35. The van der Waals surface area contributed by atoms with Crippen molar-refractivity contribution in [3.8, 4) is 0 Å². The van der Waals surface area contributed by atoms with Crippen LogP contribution in [0.1, 0.15) is 28.8 Å². The number of aromatic nitrogens is 1. The Balaban J connectivity index is 2.44. The molecule has 7 N–H and O–H groups in total. The third-order valence-corrected chi connectivity index (χ3v) is 4.36. The summed E-state index contributed by atoms with van der Waals surface area (Å²) < 4.78 is 0. The largest absolute Gasteiger partial charge is 0.404 e. The zero-order chi connectivity index (χ0) is 16.6. The van der Waals surface area contributed by atoms with Gasteiger partial charge in [-0.15, -0.1) is 0 Å². The van der Waals surface area contributed by atoms with Gasteiger partial charge in [-0.05, 0) is 36.1 Å². The second-order valence-electron chi connectivity index (χ2n) is 5.69. The lowest BCUT2D eigenvalue weighted by Gasteiger charge is -2.25. The van der Waals surface area contributed by atoms with Crippen molar-refractivity contribution in [2.75, 3.05) is 5.73 Å². The number of rotatable bonds is 3. The molecule has 118 valence electrons. The lowest BCUT2D eigenvalue weighted by Crippen LogP contribution is -2.22. The maximum absolute atomic E-state index is 10.1. The molecule has 6 nitrogen and oxygen atoms in total. The summed E-state index contributed by atoms with van der Waals surface area (Å²) >= 11 is 0. The molecule has 0 aliphatic heterocycles. The molecule has 23 heavy (non-hydrogen) atoms. The molecule has 1 atom stereocenters. The summed E-state index contributed by atoms with van der Waals surface area (Å²) in [4.78, 5) is 4.65. The zero-order valence-corrected chi connectivity index (χ0v) is 12.6. The van der Waals surface area contributed by atoms with E-state index in [0.29, 0.717) is 41.8 Å². The Kier molecular flexibility index (Phi) is 3.83. The highest BCUT2D eigenvalue weighted by molar-refractivity contribution is 6.10. The number of pyridine rings is 1. The van der Waals surface area contributed by atoms with Crippen LogP contribution >= 0.6 is 0 Å². The topological polar surface area (TPSA) is 133 Å². The molecule has 0 saturated heterocycles. The number of aryl methyl sites for hydroxylation is 1. The first-order valence-corrected chi connectivity index (χ1v) is 7.46. The first kappa shape index (κ1) is 15.2. The number of aliphatic hydroxyl groups excluding tert-OH is 1. The average molecular weight is 309 g/mol. The maximum atomic E-state index is 10.1. The summed E-state index contributed by atoms with van der Waals surface area (Å²) in [6, 6.07) is 3.56. The summed E-state index contributed by atoms with van der Waals surface area (Å²) in [5, 5.41) is 26.2. The number of hydrogen-bond acceptors (Lipinski definition) is 6. The number of nitrogens with zero attached hydrogens (tertiary/aromatic N) is 1. The molecule has 1 heterocycles. The van der Waals surface area contributed by atoms with Gasteiger partial charge in [-0.25, -0.2) is 4.98 Å². The van der Waals surface area contributed by atoms with Crippen molar-refractivity contribution in [3.63, 3.8) is 0 Å². The number of benzene rings is 1. The van der Waals surface area contributed by atoms with Crippen LogP contribution in [0.15, 0.2) is 18.3 Å². The quantitative estimate of drug-likeness (QED) is 0.435. The molecule has 3 rings (SSSR count). The predicted octanol–water partition coefficient (Wildman–Crippen LogP) is 1.61. The van der Waals surface area contributed by atoms with Crippen LogP contribution in [-0.2, 0) is 12.8 Å². The molecule has 0 saturated carbocycles. The average Bonchev–Trinajstić information content (AvgIpc) is 2.56. The Morgan fingerprint density at radius 3 is 2.74 bits per heavy atom. The van der Waals surface area contributed by atoms with Gasteiger partial charge in [0.05, 0.1) is 17.3 Å². The van der Waals surface area contributed by atoms with E-state index >= 15 is 0 Å². The fourth-order valence-electron chi connectivity index (χ4n) is 3.25. The molecule has 0 radical (unpaired) electrons. The van der Waals surface area contributed by atoms with E-state index in [1.165, 1.54) is 18.6 Å². The molecule has 0 bridgehead atoms. The fraction of sp³-hybridized carbons (Fsp3) is 0.235. The van der Waals surface area contributed by atoms with Crippen molar-refractivity contribution in [1.82, 2.24) is 4.98 Å². The number of fused-ring (bicyclic) bond motifs is 3. The lowest BCUT2D eigenvalue weighted by molar-refractivity contribution is 0.158. The van der Waals surface area contributed by atoms with Gasteiger partial charge in [-0.2, -0.15) is 0 Å². The van der Waals surface area contributed by atoms with Crippen molar-refractivity contribution in [3.05, 3.63) is 40.7 Å². The van der Waals surface area contributed by atoms with Crippen molar-refractivity contribution in [1.29, 1.82) is 10.8 Å². The Labute approximate surface area is 133 Å². The van der Waals surface area contributed by atoms with Gasteiger partial charge >= 0.3 is 0 Å². The van der Waals surface area contributed by atoms with Gasteiger partial charge in [0.25, 0.3) is 0 Å². The third kappa shape index (κ3) is 2.37. The molecule has 1 unspecified atom stereocenters. The normalized spacial score (nSPS) is 17.8. The number of nitrogens with two attached hydrogens (primary N) is 2. The number of hydrogen-bond donors (Lipinski definition) is 5. The molecule has 2 aromatic rings. The van der Waals surface area contributed by atoms with Crippen molar-refractivity contribution in [2.24, 2.45) is 5.73 Å². The van der Waals surface area contributed by atoms with E-state index in [-0.39, 0.29) is 0 Å². The molecule has 1 aliphatic carbocycles. The molecular weight excluding hydrogens is 290 g/mol. The van der Waals surface area contributed by atoms with Crippen LogP contribution in [-0.4, -0.2) is 28.6 Å². The number of aliphatic hydroxyl groups is 1. The van der Waals surface area contributed by atoms with Crippen LogP contribution in [0.25, 0.3) is 16.5 Å². The summed E-state index contributed by atoms with van der Waals surface area (Å²) in [5.41, 5.74) is 16.7. The van der Waals surface area contributed by atoms with E-state index in [2.05, 4.69) is 4.98 Å². The van der Waals surface area contributed by atoms with Crippen LogP contribution < -0.4 is 11.5 Å². The second kappa shape index (κ2) is 5.81. The van der Waals surface area contributed by atoms with Gasteiger partial charge < -0.3 is 27.4 Å². The molecule has 1 aliphatic rings. The Morgan fingerprint density at radius 2 is 2.09 bits per heavy atom. The summed E-state index contributed by atoms with van der Waals surface area (Å²) in [6.45, 7) is 0. The number of anilines is 1. The molecule has 1 aromatic heterocycles. The Morgan fingerprint density at radius 1 is 1.30 bits per heavy atom. The van der Waals surface area contributed by atoms with Gasteiger partial charge in [0.1, 0.15) is 0 Å². The fourth-order valence-corrected chi connectivity index (χ4v) is 3.25. The SMILES string of the molecule is N=C/C(=C\N)c1nc2ccc(N)c(C=N)c2c2c1CC(O)CC2. The number of nitrogen functional groups attached to an aromatic ring is 1. The van der Waals surface area contributed by atoms with Crippen LogP contribution in [0.5, 0.6) is 0 Å². The van der Waals surface area contributed by atoms with Crippen LogP contribution in [0.3, 0.4) is 0 Å². The number of nitrogens with one attached hydrogen (secondary N) is 2. The summed E-state index contributed by atoms with van der Waals surface area (Å²) in [7, 11) is 0. The maximum Gasteiger partial charge on any atom is 0.0775 e. The first-order valence-electron chi connectivity index (χ1n) is 7.46. The molecular formula is C17H19N5O. The van der Waals surface area contributed by atoms with Crippen molar-refractivity contribution >= 4 is 34.6 Å². The van der Waals surface area contributed by atoms with Crippen LogP contribution in [0, 0.1) is 10.8 Å². The van der Waals surface area contributed by atoms with Gasteiger partial charge in [0.15, 0.2) is 0 Å². The van der Waals surface area contributed by atoms with Gasteiger partial charge in [-0.3, -0.25) is 0 Å². The highest BCUT2D eigenvalue weighted by Gasteiger charge is 2.25. The first-order chi connectivity index (χ1) is 11.1. The molecule has 1 aromatic carbocycles. The van der Waals surface area contributed by atoms with E-state index in [0.717, 1.165) is 22.0 Å². The number of allylic oxidation sites excluding steroid dienone is 1. The summed E-state index contributed by atoms with van der Waals surface area (Å²) in [5.74, 6) is 0. The van der Waals surface area contributed by atoms with E-state index in [1.54, 1.807) is 6.07 Å². The monoisotopic (exact) mass is 309 g/mol. The van der Waals surface area contributed by atoms with Gasteiger partial charge in [0, 0.05) is 47.3 Å². The molecule has 0 amide bonds. The smallest absolute Gasteiger partial charge is 0.0775 e. The molecule has 0 spiro atoms. The van der Waals surface area contributed by atoms with E-state index in [4.69, 9.17) is 22.3 Å². The van der Waals surface area contributed by atoms with E-state index in [9.17, 15) is 5.11 Å². The van der Waals surface area contributed by atoms with E-state index < -0.39 is 6.10 Å². The lowest BCUT2D eigenvalue weighted by atomic mass is 9.83. The van der Waals surface area contributed by atoms with Crippen LogP contribution in [0.2, 0.25) is 0 Å². The Bertz CT molecular complexity index is 841. The zero-order valence-electron chi connectivity index (χ0n) is 12.6.